The maximum absolute atomic E-state index is 12.6. The van der Waals surface area contributed by atoms with E-state index in [4.69, 9.17) is 4.74 Å². The van der Waals surface area contributed by atoms with Gasteiger partial charge in [-0.05, 0) is 52.9 Å². The number of rotatable bonds is 5. The van der Waals surface area contributed by atoms with Gasteiger partial charge in [-0.25, -0.2) is 9.98 Å². The van der Waals surface area contributed by atoms with Crippen LogP contribution in [0.5, 0.6) is 5.75 Å². The van der Waals surface area contributed by atoms with E-state index in [9.17, 15) is 9.59 Å². The molecular formula is C22H21N5O3S. The van der Waals surface area contributed by atoms with Crippen molar-refractivity contribution in [1.82, 2.24) is 14.9 Å². The Morgan fingerprint density at radius 3 is 2.87 bits per heavy atom. The molecule has 0 radical (unpaired) electrons. The number of aromatic amines is 1. The second kappa shape index (κ2) is 8.65. The highest BCUT2D eigenvalue weighted by molar-refractivity contribution is 7.83. The first kappa shape index (κ1) is 20.7. The molecule has 1 aliphatic rings. The molecule has 2 amide bonds. The minimum absolute atomic E-state index is 0.116. The lowest BCUT2D eigenvalue weighted by atomic mass is 10.1. The van der Waals surface area contributed by atoms with E-state index in [1.54, 1.807) is 38.5 Å². The second-order valence-corrected chi connectivity index (χ2v) is 7.47. The summed E-state index contributed by atoms with van der Waals surface area (Å²) in [5.41, 5.74) is 3.92. The van der Waals surface area contributed by atoms with Crippen LogP contribution in [0.3, 0.4) is 0 Å². The Kier molecular flexibility index (Phi) is 5.77. The molecule has 1 aliphatic heterocycles. The lowest BCUT2D eigenvalue weighted by Gasteiger charge is -2.09. The number of carbonyl (C=O) groups is 2. The van der Waals surface area contributed by atoms with Crippen molar-refractivity contribution in [1.29, 1.82) is 0 Å². The van der Waals surface area contributed by atoms with Crippen LogP contribution in [0.4, 0.5) is 5.95 Å². The number of imidazole rings is 1. The summed E-state index contributed by atoms with van der Waals surface area (Å²) < 4.78 is 5.50. The number of amides is 2. The van der Waals surface area contributed by atoms with E-state index >= 15 is 0 Å². The number of benzene rings is 2. The molecule has 1 aromatic heterocycles. The van der Waals surface area contributed by atoms with E-state index in [-0.39, 0.29) is 17.6 Å². The first-order valence-corrected chi connectivity index (χ1v) is 10.1. The van der Waals surface area contributed by atoms with Crippen LogP contribution in [-0.2, 0) is 11.2 Å². The number of H-pyrrole nitrogens is 1. The fourth-order valence-electron chi connectivity index (χ4n) is 3.21. The van der Waals surface area contributed by atoms with Crippen LogP contribution < -0.4 is 10.1 Å². The summed E-state index contributed by atoms with van der Waals surface area (Å²) in [6, 6.07) is 10.9. The molecule has 31 heavy (non-hydrogen) atoms. The van der Waals surface area contributed by atoms with Crippen molar-refractivity contribution in [3.8, 4) is 5.75 Å². The highest BCUT2D eigenvalue weighted by Crippen LogP contribution is 2.25. The standard InChI is InChI=1S/C22H21N5O3S/c1-27(2)21(29)15-4-5-16-17(10-15)25-22(24-16)26-20(28)18(12-31)23-11-13-3-6-19-14(9-13)7-8-30-19/h3-6,9-12,31H,7-8H2,1-2H3,(H2,24,25,26,28)/b18-12-,23-11?. The van der Waals surface area contributed by atoms with Crippen LogP contribution in [-0.4, -0.2) is 53.6 Å². The number of aromatic nitrogens is 2. The quantitative estimate of drug-likeness (QED) is 0.326. The molecule has 0 aliphatic carbocycles. The number of nitrogens with one attached hydrogen (secondary N) is 2. The largest absolute Gasteiger partial charge is 0.493 e. The molecule has 0 saturated heterocycles. The molecule has 2 heterocycles. The molecule has 8 nitrogen and oxygen atoms in total. The van der Waals surface area contributed by atoms with E-state index < -0.39 is 5.91 Å². The first-order valence-electron chi connectivity index (χ1n) is 9.61. The van der Waals surface area contributed by atoms with Crippen LogP contribution in [0.25, 0.3) is 11.0 Å². The normalized spacial score (nSPS) is 13.3. The number of fused-ring (bicyclic) bond motifs is 2. The Hall–Kier alpha value is -3.59. The first-order chi connectivity index (χ1) is 14.9. The molecule has 158 valence electrons. The van der Waals surface area contributed by atoms with Crippen molar-refractivity contribution >= 4 is 47.6 Å². The van der Waals surface area contributed by atoms with E-state index in [1.807, 2.05) is 18.2 Å². The van der Waals surface area contributed by atoms with Gasteiger partial charge in [-0.15, -0.1) is 12.6 Å². The fraction of sp³-hybridized carbons (Fsp3) is 0.182. The lowest BCUT2D eigenvalue weighted by Crippen LogP contribution is -2.21. The Morgan fingerprint density at radius 1 is 1.26 bits per heavy atom. The molecule has 2 aromatic carbocycles. The maximum Gasteiger partial charge on any atom is 0.277 e. The molecule has 9 heteroatoms. The molecule has 3 aromatic rings. The van der Waals surface area contributed by atoms with E-state index in [0.29, 0.717) is 23.2 Å². The van der Waals surface area contributed by atoms with Gasteiger partial charge in [0, 0.05) is 32.3 Å². The molecule has 0 unspecified atom stereocenters. The molecule has 0 bridgehead atoms. The Bertz CT molecular complexity index is 1230. The van der Waals surface area contributed by atoms with Crippen molar-refractivity contribution in [3.63, 3.8) is 0 Å². The van der Waals surface area contributed by atoms with E-state index in [2.05, 4.69) is 32.9 Å². The summed E-state index contributed by atoms with van der Waals surface area (Å²) in [4.78, 5) is 37.9. The molecule has 4 rings (SSSR count). The van der Waals surface area contributed by atoms with Crippen molar-refractivity contribution in [2.75, 3.05) is 26.0 Å². The van der Waals surface area contributed by atoms with E-state index in [0.717, 1.165) is 23.3 Å². The molecule has 0 spiro atoms. The minimum atomic E-state index is -0.459. The summed E-state index contributed by atoms with van der Waals surface area (Å²) in [7, 11) is 3.38. The van der Waals surface area contributed by atoms with Crippen molar-refractivity contribution < 1.29 is 14.3 Å². The van der Waals surface area contributed by atoms with Crippen LogP contribution in [0.1, 0.15) is 21.5 Å². The third-order valence-corrected chi connectivity index (χ3v) is 5.03. The number of hydrogen-bond donors (Lipinski definition) is 3. The molecule has 0 saturated carbocycles. The zero-order chi connectivity index (χ0) is 22.0. The summed E-state index contributed by atoms with van der Waals surface area (Å²) in [6.45, 7) is 0.683. The Balaban J connectivity index is 1.48. The second-order valence-electron chi connectivity index (χ2n) is 7.21. The lowest BCUT2D eigenvalue weighted by molar-refractivity contribution is -0.112. The topological polar surface area (TPSA) is 99.7 Å². The average molecular weight is 436 g/mol. The highest BCUT2D eigenvalue weighted by Gasteiger charge is 2.14. The van der Waals surface area contributed by atoms with Crippen molar-refractivity contribution in [2.24, 2.45) is 4.99 Å². The average Bonchev–Trinajstić information content (AvgIpc) is 3.38. The summed E-state index contributed by atoms with van der Waals surface area (Å²) in [5.74, 6) is 0.571. The van der Waals surface area contributed by atoms with Gasteiger partial charge < -0.3 is 14.6 Å². The third kappa shape index (κ3) is 4.46. The zero-order valence-electron chi connectivity index (χ0n) is 17.0. The monoisotopic (exact) mass is 435 g/mol. The number of nitrogens with zero attached hydrogens (tertiary/aromatic N) is 3. The fourth-order valence-corrected chi connectivity index (χ4v) is 3.40. The number of carbonyl (C=O) groups excluding carboxylic acids is 2. The van der Waals surface area contributed by atoms with Gasteiger partial charge in [0.2, 0.25) is 5.95 Å². The predicted molar refractivity (Wildman–Crippen MR) is 123 cm³/mol. The highest BCUT2D eigenvalue weighted by atomic mass is 32.1. The smallest absolute Gasteiger partial charge is 0.277 e. The SMILES string of the molecule is CN(C)C(=O)c1ccc2nc(NC(=O)/C(=C/S)N=Cc3ccc4c(c3)CCO4)[nH]c2c1. The number of hydrogen-bond acceptors (Lipinski definition) is 6. The van der Waals surface area contributed by atoms with Gasteiger partial charge in [0.15, 0.2) is 0 Å². The maximum atomic E-state index is 12.6. The van der Waals surface area contributed by atoms with Gasteiger partial charge in [-0.3, -0.25) is 14.9 Å². The van der Waals surface area contributed by atoms with Crippen molar-refractivity contribution in [2.45, 2.75) is 6.42 Å². The summed E-state index contributed by atoms with van der Waals surface area (Å²) >= 11 is 4.11. The Labute approximate surface area is 184 Å². The Morgan fingerprint density at radius 2 is 2.10 bits per heavy atom. The molecule has 0 fully saturated rings. The van der Waals surface area contributed by atoms with Crippen molar-refractivity contribution in [3.05, 3.63) is 64.2 Å². The molecular weight excluding hydrogens is 414 g/mol. The third-order valence-electron chi connectivity index (χ3n) is 4.79. The number of anilines is 1. The number of ether oxygens (including phenoxy) is 1. The van der Waals surface area contributed by atoms with Gasteiger partial charge in [-0.2, -0.15) is 0 Å². The number of aliphatic imine (C=N–C) groups is 1. The van der Waals surface area contributed by atoms with Crippen LogP contribution in [0, 0.1) is 0 Å². The van der Waals surface area contributed by atoms with Crippen LogP contribution in [0.2, 0.25) is 0 Å². The summed E-state index contributed by atoms with van der Waals surface area (Å²) in [5, 5.41) is 4.01. The predicted octanol–water partition coefficient (Wildman–Crippen LogP) is 3.03. The summed E-state index contributed by atoms with van der Waals surface area (Å²) in [6.07, 6.45) is 2.47. The van der Waals surface area contributed by atoms with Crippen LogP contribution in [0.15, 0.2) is 52.5 Å². The number of thiol groups is 1. The molecule has 2 N–H and O–H groups in total. The van der Waals surface area contributed by atoms with Gasteiger partial charge in [-0.1, -0.05) is 0 Å². The van der Waals surface area contributed by atoms with Gasteiger partial charge in [0.1, 0.15) is 11.4 Å². The van der Waals surface area contributed by atoms with Gasteiger partial charge >= 0.3 is 0 Å². The van der Waals surface area contributed by atoms with Gasteiger partial charge in [0.25, 0.3) is 11.8 Å². The van der Waals surface area contributed by atoms with Gasteiger partial charge in [0.05, 0.1) is 17.6 Å². The minimum Gasteiger partial charge on any atom is -0.493 e. The molecule has 0 atom stereocenters. The van der Waals surface area contributed by atoms with E-state index in [1.165, 1.54) is 10.3 Å². The zero-order valence-corrected chi connectivity index (χ0v) is 17.9. The van der Waals surface area contributed by atoms with Crippen LogP contribution >= 0.6 is 12.6 Å².